The van der Waals surface area contributed by atoms with Gasteiger partial charge >= 0.3 is 23.9 Å². The van der Waals surface area contributed by atoms with Crippen molar-refractivity contribution in [2.24, 2.45) is 17.3 Å². The molecule has 0 N–H and O–H groups in total. The molecule has 32 heavy (non-hydrogen) atoms. The summed E-state index contributed by atoms with van der Waals surface area (Å²) in [5.74, 6) is -4.00. The normalized spacial score (nSPS) is 36.6. The summed E-state index contributed by atoms with van der Waals surface area (Å²) in [6.45, 7) is 11.6. The molecule has 0 amide bonds. The van der Waals surface area contributed by atoms with E-state index in [9.17, 15) is 19.2 Å². The topological polar surface area (TPSA) is 105 Å². The Bertz CT molecular complexity index is 915. The lowest BCUT2D eigenvalue weighted by atomic mass is 9.51. The van der Waals surface area contributed by atoms with Crippen LogP contribution < -0.4 is 0 Å². The number of ether oxygens (including phenoxy) is 4. The molecule has 0 unspecified atom stereocenters. The third kappa shape index (κ3) is 3.73. The minimum absolute atomic E-state index is 0.116. The average molecular weight is 449 g/mol. The summed E-state index contributed by atoms with van der Waals surface area (Å²) in [5.41, 5.74) is 0.362. The van der Waals surface area contributed by atoms with Crippen LogP contribution in [0, 0.1) is 17.3 Å². The number of carbonyl (C=O) groups is 4. The molecule has 0 spiro atoms. The van der Waals surface area contributed by atoms with Gasteiger partial charge in [0.15, 0.2) is 0 Å². The van der Waals surface area contributed by atoms with Crippen molar-refractivity contribution in [2.45, 2.75) is 85.7 Å². The predicted octanol–water partition coefficient (Wildman–Crippen LogP) is 3.38. The van der Waals surface area contributed by atoms with Crippen LogP contribution in [0.1, 0.15) is 67.7 Å². The molecule has 176 valence electrons. The van der Waals surface area contributed by atoms with Crippen molar-refractivity contribution in [3.8, 4) is 0 Å². The molecular weight excluding hydrogens is 416 g/mol. The molecular formula is C24H32O8. The highest BCUT2D eigenvalue weighted by Gasteiger charge is 2.67. The van der Waals surface area contributed by atoms with Crippen LogP contribution in [0.15, 0.2) is 22.8 Å². The summed E-state index contributed by atoms with van der Waals surface area (Å²) in [6, 6.07) is 0. The second-order valence-corrected chi connectivity index (χ2v) is 9.31. The van der Waals surface area contributed by atoms with Crippen LogP contribution in [0.5, 0.6) is 0 Å². The molecule has 2 aliphatic carbocycles. The maximum absolute atomic E-state index is 12.9. The molecule has 3 aliphatic rings. The van der Waals surface area contributed by atoms with Crippen LogP contribution in [0.2, 0.25) is 0 Å². The first-order chi connectivity index (χ1) is 14.9. The first kappa shape index (κ1) is 24.0. The minimum atomic E-state index is -1.60. The summed E-state index contributed by atoms with van der Waals surface area (Å²) in [5, 5.41) is 0. The largest absolute Gasteiger partial charge is 0.462 e. The molecule has 0 aromatic rings. The third-order valence-electron chi connectivity index (χ3n) is 7.54. The van der Waals surface area contributed by atoms with Gasteiger partial charge in [0.05, 0.1) is 5.57 Å². The lowest BCUT2D eigenvalue weighted by molar-refractivity contribution is -0.246. The Balaban J connectivity index is 2.17. The number of allylic oxidation sites excluding steroid dienone is 1. The fourth-order valence-corrected chi connectivity index (χ4v) is 5.56. The number of esters is 4. The highest BCUT2D eigenvalue weighted by Crippen LogP contribution is 2.61. The van der Waals surface area contributed by atoms with Crippen LogP contribution in [0.25, 0.3) is 0 Å². The van der Waals surface area contributed by atoms with E-state index in [0.717, 1.165) is 0 Å². The van der Waals surface area contributed by atoms with E-state index < -0.39 is 35.2 Å². The lowest BCUT2D eigenvalue weighted by Crippen LogP contribution is -2.62. The standard InChI is InChI=1S/C24H32O8/c1-8-12(2)21(27)30-20-19-13(3)22(28)32-24(19,31-16(6)26)11-17-9-10-18(29-15(5)25)14(4)23(17,20)7/h8,14,17-18,20H,9-11H2,1-7H3/b12-8+/t14-,17+,18-,20+,23+,24+/m0/s1. The second-order valence-electron chi connectivity index (χ2n) is 9.31. The van der Waals surface area contributed by atoms with E-state index in [1.165, 1.54) is 13.8 Å². The monoisotopic (exact) mass is 448 g/mol. The molecule has 0 saturated heterocycles. The summed E-state index contributed by atoms with van der Waals surface area (Å²) in [7, 11) is 0. The molecule has 3 rings (SSSR count). The number of carbonyl (C=O) groups excluding carboxylic acids is 4. The second kappa shape index (κ2) is 8.37. The Kier molecular flexibility index (Phi) is 6.28. The van der Waals surface area contributed by atoms with Crippen molar-refractivity contribution in [3.63, 3.8) is 0 Å². The van der Waals surface area contributed by atoms with Gasteiger partial charge in [-0.15, -0.1) is 0 Å². The van der Waals surface area contributed by atoms with E-state index in [4.69, 9.17) is 18.9 Å². The highest BCUT2D eigenvalue weighted by atomic mass is 16.7. The Morgan fingerprint density at radius 2 is 1.75 bits per heavy atom. The molecule has 8 heteroatoms. The zero-order chi connectivity index (χ0) is 24.0. The summed E-state index contributed by atoms with van der Waals surface area (Å²) in [4.78, 5) is 49.3. The zero-order valence-corrected chi connectivity index (χ0v) is 19.8. The van der Waals surface area contributed by atoms with Gasteiger partial charge in [-0.25, -0.2) is 9.59 Å². The summed E-state index contributed by atoms with van der Waals surface area (Å²) < 4.78 is 22.9. The molecule has 2 saturated carbocycles. The van der Waals surface area contributed by atoms with Gasteiger partial charge in [-0.1, -0.05) is 19.9 Å². The molecule has 0 aromatic carbocycles. The number of hydrogen-bond acceptors (Lipinski definition) is 8. The van der Waals surface area contributed by atoms with Gasteiger partial charge in [0, 0.05) is 42.7 Å². The Hall–Kier alpha value is -2.64. The first-order valence-corrected chi connectivity index (χ1v) is 11.0. The van der Waals surface area contributed by atoms with Crippen molar-refractivity contribution in [1.82, 2.24) is 0 Å². The van der Waals surface area contributed by atoms with Crippen molar-refractivity contribution >= 4 is 23.9 Å². The van der Waals surface area contributed by atoms with Crippen molar-refractivity contribution in [2.75, 3.05) is 0 Å². The van der Waals surface area contributed by atoms with E-state index in [-0.39, 0.29) is 35.9 Å². The smallest absolute Gasteiger partial charge is 0.337 e. The van der Waals surface area contributed by atoms with E-state index in [1.54, 1.807) is 26.8 Å². The number of rotatable bonds is 4. The number of fused-ring (bicyclic) bond motifs is 2. The molecule has 0 bridgehead atoms. The van der Waals surface area contributed by atoms with Gasteiger partial charge in [0.25, 0.3) is 5.79 Å². The summed E-state index contributed by atoms with van der Waals surface area (Å²) in [6.07, 6.45) is 1.88. The minimum Gasteiger partial charge on any atom is -0.462 e. The maximum Gasteiger partial charge on any atom is 0.337 e. The fourth-order valence-electron chi connectivity index (χ4n) is 5.56. The van der Waals surface area contributed by atoms with Gasteiger partial charge in [0.2, 0.25) is 0 Å². The van der Waals surface area contributed by atoms with Crippen molar-refractivity contribution in [1.29, 1.82) is 0 Å². The first-order valence-electron chi connectivity index (χ1n) is 11.0. The van der Waals surface area contributed by atoms with Gasteiger partial charge in [-0.05, 0) is 39.5 Å². The molecule has 1 aliphatic heterocycles. The van der Waals surface area contributed by atoms with Crippen molar-refractivity contribution in [3.05, 3.63) is 22.8 Å². The molecule has 8 nitrogen and oxygen atoms in total. The quantitative estimate of drug-likeness (QED) is 0.366. The predicted molar refractivity (Wildman–Crippen MR) is 113 cm³/mol. The van der Waals surface area contributed by atoms with Crippen LogP contribution in [0.4, 0.5) is 0 Å². The average Bonchev–Trinajstić information content (AvgIpc) is 2.94. The maximum atomic E-state index is 12.9. The van der Waals surface area contributed by atoms with Crippen LogP contribution in [-0.2, 0) is 38.1 Å². The van der Waals surface area contributed by atoms with Gasteiger partial charge in [-0.3, -0.25) is 9.59 Å². The molecule has 1 heterocycles. The number of hydrogen-bond donors (Lipinski definition) is 0. The summed E-state index contributed by atoms with van der Waals surface area (Å²) >= 11 is 0. The van der Waals surface area contributed by atoms with Crippen LogP contribution >= 0.6 is 0 Å². The van der Waals surface area contributed by atoms with Gasteiger partial charge < -0.3 is 18.9 Å². The highest BCUT2D eigenvalue weighted by molar-refractivity contribution is 5.94. The molecule has 2 fully saturated rings. The molecule has 0 aromatic heterocycles. The fraction of sp³-hybridized carbons (Fsp3) is 0.667. The van der Waals surface area contributed by atoms with E-state index in [2.05, 4.69) is 0 Å². The zero-order valence-electron chi connectivity index (χ0n) is 19.8. The van der Waals surface area contributed by atoms with Gasteiger partial charge in [0.1, 0.15) is 12.2 Å². The molecule has 0 radical (unpaired) electrons. The van der Waals surface area contributed by atoms with Gasteiger partial charge in [-0.2, -0.15) is 0 Å². The van der Waals surface area contributed by atoms with Crippen LogP contribution in [0.3, 0.4) is 0 Å². The Morgan fingerprint density at radius 1 is 1.09 bits per heavy atom. The Labute approximate surface area is 188 Å². The Morgan fingerprint density at radius 3 is 2.31 bits per heavy atom. The lowest BCUT2D eigenvalue weighted by Gasteiger charge is -2.58. The van der Waals surface area contributed by atoms with E-state index in [0.29, 0.717) is 24.0 Å². The van der Waals surface area contributed by atoms with E-state index in [1.807, 2.05) is 13.8 Å². The van der Waals surface area contributed by atoms with E-state index >= 15 is 0 Å². The SMILES string of the molecule is C/C=C(\C)C(=O)O[C@@H]1C2=C(C)C(=O)O[C@]2(OC(C)=O)C[C@H]2CC[C@H](OC(C)=O)[C@H](C)[C@]21C. The van der Waals surface area contributed by atoms with Crippen LogP contribution in [-0.4, -0.2) is 41.9 Å². The molecule has 6 atom stereocenters. The van der Waals surface area contributed by atoms with Crippen molar-refractivity contribution < 1.29 is 38.1 Å². The third-order valence-corrected chi connectivity index (χ3v) is 7.54.